The number of piperidine rings is 1. The van der Waals surface area contributed by atoms with E-state index in [0.29, 0.717) is 19.6 Å². The summed E-state index contributed by atoms with van der Waals surface area (Å²) in [5.41, 5.74) is 0.188. The third kappa shape index (κ3) is 2.72. The van der Waals surface area contributed by atoms with Gasteiger partial charge in [-0.2, -0.15) is 0 Å². The molecule has 0 radical (unpaired) electrons. The molecular formula is C21H25N3O4S. The van der Waals surface area contributed by atoms with E-state index in [-0.39, 0.29) is 29.6 Å². The van der Waals surface area contributed by atoms with Crippen molar-refractivity contribution < 1.29 is 19.1 Å². The summed E-state index contributed by atoms with van der Waals surface area (Å²) in [4.78, 5) is 46.7. The van der Waals surface area contributed by atoms with Gasteiger partial charge in [0, 0.05) is 33.0 Å². The van der Waals surface area contributed by atoms with Crippen LogP contribution in [0.3, 0.4) is 0 Å². The Morgan fingerprint density at radius 2 is 2.03 bits per heavy atom. The maximum absolute atomic E-state index is 13.4. The number of fused-ring (bicyclic) bond motifs is 1. The second-order valence-corrected chi connectivity index (χ2v) is 9.75. The van der Waals surface area contributed by atoms with Crippen LogP contribution >= 0.6 is 11.3 Å². The molecule has 154 valence electrons. The molecule has 4 aliphatic heterocycles. The fourth-order valence-electron chi connectivity index (χ4n) is 5.45. The van der Waals surface area contributed by atoms with Crippen LogP contribution in [-0.2, 0) is 14.3 Å². The number of amides is 2. The van der Waals surface area contributed by atoms with E-state index in [9.17, 15) is 14.4 Å². The number of likely N-dealkylation sites (N-methyl/N-ethyl adjacent to an activating group) is 1. The van der Waals surface area contributed by atoms with Crippen LogP contribution in [0.5, 0.6) is 0 Å². The molecule has 3 saturated heterocycles. The fraction of sp³-hybridized carbons (Fsp3) is 0.619. The predicted octanol–water partition coefficient (Wildman–Crippen LogP) is 1.77. The van der Waals surface area contributed by atoms with Gasteiger partial charge in [-0.05, 0) is 19.8 Å². The second-order valence-electron chi connectivity index (χ2n) is 8.72. The molecule has 2 bridgehead atoms. The monoisotopic (exact) mass is 415 g/mol. The van der Waals surface area contributed by atoms with Gasteiger partial charge in [-0.15, -0.1) is 11.3 Å². The number of ether oxygens (including phenoxy) is 1. The Labute approximate surface area is 173 Å². The van der Waals surface area contributed by atoms with Crippen molar-refractivity contribution in [1.82, 2.24) is 14.8 Å². The number of hydrogen-bond donors (Lipinski definition) is 0. The maximum atomic E-state index is 13.4. The molecular weight excluding hydrogens is 390 g/mol. The summed E-state index contributed by atoms with van der Waals surface area (Å²) in [5.74, 6) is -0.429. The van der Waals surface area contributed by atoms with Crippen molar-refractivity contribution in [1.29, 1.82) is 0 Å². The molecule has 5 rings (SSSR count). The number of ketones is 1. The fourth-order valence-corrected chi connectivity index (χ4v) is 6.58. The van der Waals surface area contributed by atoms with Gasteiger partial charge in [-0.3, -0.25) is 14.4 Å². The third-order valence-corrected chi connectivity index (χ3v) is 8.28. The van der Waals surface area contributed by atoms with Crippen molar-refractivity contribution in [3.8, 4) is 0 Å². The van der Waals surface area contributed by atoms with Gasteiger partial charge in [0.25, 0.3) is 0 Å². The molecule has 8 heteroatoms. The van der Waals surface area contributed by atoms with Crippen molar-refractivity contribution in [3.05, 3.63) is 27.7 Å². The summed E-state index contributed by atoms with van der Waals surface area (Å²) >= 11 is 1.49. The van der Waals surface area contributed by atoms with E-state index in [2.05, 4.69) is 4.98 Å². The number of thiazole rings is 1. The first-order valence-electron chi connectivity index (χ1n) is 10.2. The van der Waals surface area contributed by atoms with E-state index >= 15 is 0 Å². The summed E-state index contributed by atoms with van der Waals surface area (Å²) in [6.07, 6.45) is 5.31. The van der Waals surface area contributed by atoms with Crippen molar-refractivity contribution in [2.75, 3.05) is 26.7 Å². The van der Waals surface area contributed by atoms with Gasteiger partial charge in [0.15, 0.2) is 5.78 Å². The van der Waals surface area contributed by atoms with Crippen molar-refractivity contribution in [2.24, 2.45) is 11.8 Å². The second kappa shape index (κ2) is 6.47. The number of aromatic nitrogens is 1. The quantitative estimate of drug-likeness (QED) is 0.555. The van der Waals surface area contributed by atoms with Crippen molar-refractivity contribution in [3.63, 3.8) is 0 Å². The van der Waals surface area contributed by atoms with E-state index in [1.54, 1.807) is 18.9 Å². The maximum Gasteiger partial charge on any atom is 0.229 e. The molecule has 3 fully saturated rings. The summed E-state index contributed by atoms with van der Waals surface area (Å²) in [6, 6.07) is 0. The van der Waals surface area contributed by atoms with Crippen LogP contribution in [0, 0.1) is 18.8 Å². The van der Waals surface area contributed by atoms with Crippen LogP contribution < -0.4 is 0 Å². The number of rotatable bonds is 3. The Morgan fingerprint density at radius 1 is 1.31 bits per heavy atom. The van der Waals surface area contributed by atoms with Gasteiger partial charge in [-0.25, -0.2) is 4.98 Å². The Kier molecular flexibility index (Phi) is 4.22. The Balaban J connectivity index is 1.29. The van der Waals surface area contributed by atoms with Crippen LogP contribution in [0.2, 0.25) is 0 Å². The minimum Gasteiger partial charge on any atom is -0.360 e. The first-order chi connectivity index (χ1) is 13.8. The Hall–Kier alpha value is -2.06. The highest BCUT2D eigenvalue weighted by Crippen LogP contribution is 2.52. The van der Waals surface area contributed by atoms with Crippen LogP contribution in [0.4, 0.5) is 0 Å². The van der Waals surface area contributed by atoms with Crippen LogP contribution in [0.15, 0.2) is 12.2 Å². The molecule has 2 amide bonds. The highest BCUT2D eigenvalue weighted by atomic mass is 32.1. The molecule has 1 aromatic heterocycles. The molecule has 1 spiro atoms. The summed E-state index contributed by atoms with van der Waals surface area (Å²) < 4.78 is 6.12. The number of aryl methyl sites for hydroxylation is 1. The molecule has 0 saturated carbocycles. The van der Waals surface area contributed by atoms with Crippen molar-refractivity contribution >= 4 is 28.9 Å². The van der Waals surface area contributed by atoms with Crippen LogP contribution in [0.25, 0.3) is 0 Å². The average Bonchev–Trinajstić information content (AvgIpc) is 3.42. The zero-order valence-corrected chi connectivity index (χ0v) is 17.7. The van der Waals surface area contributed by atoms with Crippen LogP contribution in [0.1, 0.15) is 46.1 Å². The van der Waals surface area contributed by atoms with Crippen molar-refractivity contribution in [2.45, 2.75) is 44.3 Å². The minimum absolute atomic E-state index is 0.0140. The number of hydrogen-bond acceptors (Lipinski definition) is 6. The number of Topliss-reactive ketones (excluding diaryl/α,β-unsaturated/α-hetero) is 1. The Morgan fingerprint density at radius 3 is 2.69 bits per heavy atom. The SMILES string of the molecule is CC(=O)c1sc(C2CCN(C(=O)[C@H]3[C@@H]4C=C[C@]5(CN(C)C(=O)[C@H]35)O4)CC2)nc1C. The lowest BCUT2D eigenvalue weighted by atomic mass is 9.76. The van der Waals surface area contributed by atoms with E-state index in [1.165, 1.54) is 11.3 Å². The van der Waals surface area contributed by atoms with Gasteiger partial charge in [0.2, 0.25) is 11.8 Å². The van der Waals surface area contributed by atoms with E-state index < -0.39 is 17.4 Å². The lowest BCUT2D eigenvalue weighted by Gasteiger charge is -2.35. The number of carbonyl (C=O) groups is 3. The van der Waals surface area contributed by atoms with E-state index in [0.717, 1.165) is 28.4 Å². The summed E-state index contributed by atoms with van der Waals surface area (Å²) in [7, 11) is 1.78. The summed E-state index contributed by atoms with van der Waals surface area (Å²) in [5, 5.41) is 0.998. The molecule has 5 heterocycles. The zero-order valence-electron chi connectivity index (χ0n) is 16.9. The topological polar surface area (TPSA) is 79.8 Å². The molecule has 4 aliphatic rings. The lowest BCUT2D eigenvalue weighted by Crippen LogP contribution is -2.48. The van der Waals surface area contributed by atoms with Crippen LogP contribution in [-0.4, -0.2) is 70.8 Å². The van der Waals surface area contributed by atoms with Gasteiger partial charge >= 0.3 is 0 Å². The molecule has 1 aromatic rings. The average molecular weight is 416 g/mol. The first-order valence-corrected chi connectivity index (χ1v) is 11.0. The molecule has 29 heavy (non-hydrogen) atoms. The molecule has 0 N–H and O–H groups in total. The highest BCUT2D eigenvalue weighted by Gasteiger charge is 2.66. The van der Waals surface area contributed by atoms with Gasteiger partial charge in [0.1, 0.15) is 5.60 Å². The highest BCUT2D eigenvalue weighted by molar-refractivity contribution is 7.13. The molecule has 0 unspecified atom stereocenters. The first kappa shape index (κ1) is 18.9. The minimum atomic E-state index is -0.614. The smallest absolute Gasteiger partial charge is 0.229 e. The lowest BCUT2D eigenvalue weighted by molar-refractivity contribution is -0.143. The zero-order chi connectivity index (χ0) is 20.5. The largest absolute Gasteiger partial charge is 0.360 e. The van der Waals surface area contributed by atoms with Gasteiger partial charge < -0.3 is 14.5 Å². The Bertz CT molecular complexity index is 932. The summed E-state index contributed by atoms with van der Waals surface area (Å²) in [6.45, 7) is 5.27. The normalized spacial score (nSPS) is 33.6. The third-order valence-electron chi connectivity index (χ3n) is 6.86. The molecule has 7 nitrogen and oxygen atoms in total. The molecule has 0 aromatic carbocycles. The molecule has 4 atom stereocenters. The van der Waals surface area contributed by atoms with Gasteiger partial charge in [-0.1, -0.05) is 12.2 Å². The standard InChI is InChI=1S/C21H25N3O4S/c1-11-17(12(2)25)29-18(22-11)13-5-8-24(9-6-13)19(26)15-14-4-7-21(28-14)10-23(3)20(27)16(15)21/h4,7,13-16H,5-6,8-10H2,1-3H3/t14-,15-,16-,21+/m0/s1. The number of carbonyl (C=O) groups excluding carboxylic acids is 3. The van der Waals surface area contributed by atoms with Gasteiger partial charge in [0.05, 0.1) is 40.1 Å². The predicted molar refractivity (Wildman–Crippen MR) is 107 cm³/mol. The van der Waals surface area contributed by atoms with E-state index in [1.807, 2.05) is 24.0 Å². The van der Waals surface area contributed by atoms with E-state index in [4.69, 9.17) is 4.74 Å². The molecule has 0 aliphatic carbocycles. The number of likely N-dealkylation sites (tertiary alicyclic amines) is 2. The number of nitrogens with zero attached hydrogens (tertiary/aromatic N) is 3.